The van der Waals surface area contributed by atoms with Crippen LogP contribution in [0.15, 0.2) is 65.7 Å². The normalized spacial score (nSPS) is 21.5. The predicted molar refractivity (Wildman–Crippen MR) is 118 cm³/mol. The lowest BCUT2D eigenvalue weighted by Gasteiger charge is -2.34. The molecule has 2 aromatic carbocycles. The number of guanidine groups is 1. The van der Waals surface area contributed by atoms with Crippen molar-refractivity contribution in [2.75, 3.05) is 20.1 Å². The summed E-state index contributed by atoms with van der Waals surface area (Å²) in [6.07, 6.45) is 0.0181. The summed E-state index contributed by atoms with van der Waals surface area (Å²) in [5, 5.41) is 14.7. The zero-order valence-corrected chi connectivity index (χ0v) is 17.6. The van der Waals surface area contributed by atoms with Gasteiger partial charge in [-0.2, -0.15) is 0 Å². The Labute approximate surface area is 185 Å². The fourth-order valence-electron chi connectivity index (χ4n) is 4.24. The summed E-state index contributed by atoms with van der Waals surface area (Å²) in [4.78, 5) is 43.2. The van der Waals surface area contributed by atoms with Gasteiger partial charge in [0, 0.05) is 19.5 Å². The van der Waals surface area contributed by atoms with Crippen molar-refractivity contribution >= 4 is 23.9 Å². The van der Waals surface area contributed by atoms with Crippen LogP contribution in [0.25, 0.3) is 0 Å². The lowest BCUT2D eigenvalue weighted by Crippen LogP contribution is -2.65. The number of aliphatic carboxylic acids is 1. The molecule has 2 unspecified atom stereocenters. The van der Waals surface area contributed by atoms with Gasteiger partial charge in [0.2, 0.25) is 0 Å². The van der Waals surface area contributed by atoms with Crippen LogP contribution >= 0.6 is 0 Å². The first-order valence-electron chi connectivity index (χ1n) is 10.4. The van der Waals surface area contributed by atoms with E-state index >= 15 is 0 Å². The minimum absolute atomic E-state index is 0.117. The highest BCUT2D eigenvalue weighted by atomic mass is 16.4. The molecule has 3 amide bonds. The number of likely N-dealkylation sites (N-methyl/N-ethyl adjacent to an activating group) is 1. The van der Waals surface area contributed by atoms with Crippen LogP contribution in [0, 0.1) is 0 Å². The van der Waals surface area contributed by atoms with Crippen LogP contribution in [0.5, 0.6) is 0 Å². The SMILES string of the molecule is CN1C(=O)NC(=O)C2C1NC(=NCCC(c1ccccc1)c1ccccc1)N2CC(=O)O. The van der Waals surface area contributed by atoms with E-state index in [1.165, 1.54) is 20.9 Å². The van der Waals surface area contributed by atoms with E-state index in [9.17, 15) is 19.5 Å². The van der Waals surface area contributed by atoms with Crippen molar-refractivity contribution in [3.8, 4) is 0 Å². The molecule has 2 heterocycles. The number of imide groups is 1. The van der Waals surface area contributed by atoms with Crippen molar-refractivity contribution in [1.29, 1.82) is 0 Å². The first-order chi connectivity index (χ1) is 15.5. The van der Waals surface area contributed by atoms with Crippen LogP contribution in [0.2, 0.25) is 0 Å². The summed E-state index contributed by atoms with van der Waals surface area (Å²) in [5.74, 6) is -1.20. The van der Waals surface area contributed by atoms with Crippen molar-refractivity contribution in [3.63, 3.8) is 0 Å². The van der Waals surface area contributed by atoms with E-state index in [1.54, 1.807) is 7.05 Å². The van der Waals surface area contributed by atoms with Gasteiger partial charge >= 0.3 is 12.0 Å². The van der Waals surface area contributed by atoms with Gasteiger partial charge in [0.25, 0.3) is 5.91 Å². The fraction of sp³-hybridized carbons (Fsp3) is 0.304. The molecule has 4 rings (SSSR count). The molecule has 0 aliphatic carbocycles. The van der Waals surface area contributed by atoms with Gasteiger partial charge in [0.15, 0.2) is 12.0 Å². The quantitative estimate of drug-likeness (QED) is 0.606. The number of benzene rings is 2. The van der Waals surface area contributed by atoms with Crippen molar-refractivity contribution < 1.29 is 19.5 Å². The molecule has 0 bridgehead atoms. The largest absolute Gasteiger partial charge is 0.480 e. The number of carbonyl (C=O) groups is 3. The molecule has 0 saturated carbocycles. The Hall–Kier alpha value is -3.88. The van der Waals surface area contributed by atoms with Crippen molar-refractivity contribution in [2.24, 2.45) is 4.99 Å². The highest BCUT2D eigenvalue weighted by Crippen LogP contribution is 2.28. The van der Waals surface area contributed by atoms with Crippen molar-refractivity contribution in [1.82, 2.24) is 20.4 Å². The van der Waals surface area contributed by atoms with Crippen LogP contribution < -0.4 is 10.6 Å². The Balaban J connectivity index is 1.57. The lowest BCUT2D eigenvalue weighted by molar-refractivity contribution is -0.138. The van der Waals surface area contributed by atoms with Gasteiger partial charge < -0.3 is 20.2 Å². The van der Waals surface area contributed by atoms with Gasteiger partial charge in [-0.3, -0.25) is 19.9 Å². The smallest absolute Gasteiger partial charge is 0.325 e. The molecule has 2 aromatic rings. The van der Waals surface area contributed by atoms with E-state index in [-0.39, 0.29) is 5.92 Å². The van der Waals surface area contributed by atoms with Crippen LogP contribution in [-0.4, -0.2) is 71.1 Å². The Kier molecular flexibility index (Phi) is 6.07. The second kappa shape index (κ2) is 9.09. The number of carboxylic acid groups (broad SMARTS) is 1. The van der Waals surface area contributed by atoms with Gasteiger partial charge in [-0.1, -0.05) is 60.7 Å². The summed E-state index contributed by atoms with van der Waals surface area (Å²) in [6, 6.07) is 18.9. The standard InChI is InChI=1S/C23H25N5O4/c1-27-20-19(21(31)26-23(27)32)28(14-18(29)30)22(25-20)24-13-12-17(15-8-4-2-5-9-15)16-10-6-3-7-11-16/h2-11,17,19-20H,12-14H2,1H3,(H,24,25)(H,29,30)(H,26,31,32). The first kappa shape index (κ1) is 21.4. The maximum absolute atomic E-state index is 12.4. The molecule has 2 aliphatic heterocycles. The highest BCUT2D eigenvalue weighted by molar-refractivity contribution is 6.04. The number of urea groups is 1. The summed E-state index contributed by atoms with van der Waals surface area (Å²) in [6.45, 7) is 0.00881. The number of fused-ring (bicyclic) bond motifs is 1. The van der Waals surface area contributed by atoms with Crippen molar-refractivity contribution in [3.05, 3.63) is 71.8 Å². The number of nitrogens with one attached hydrogen (secondary N) is 2. The second-order valence-electron chi connectivity index (χ2n) is 7.83. The first-order valence-corrected chi connectivity index (χ1v) is 10.4. The molecule has 9 nitrogen and oxygen atoms in total. The lowest BCUT2D eigenvalue weighted by atomic mass is 9.89. The molecule has 9 heteroatoms. The molecular formula is C23H25N5O4. The number of carbonyl (C=O) groups excluding carboxylic acids is 2. The molecule has 3 N–H and O–H groups in total. The number of hydrogen-bond donors (Lipinski definition) is 3. The molecule has 0 spiro atoms. The van der Waals surface area contributed by atoms with Crippen molar-refractivity contribution in [2.45, 2.75) is 24.5 Å². The number of rotatable bonds is 7. The predicted octanol–water partition coefficient (Wildman–Crippen LogP) is 1.43. The summed E-state index contributed by atoms with van der Waals surface area (Å²) in [5.41, 5.74) is 2.33. The van der Waals surface area contributed by atoms with E-state index in [0.717, 1.165) is 0 Å². The van der Waals surface area contributed by atoms with E-state index in [0.29, 0.717) is 18.9 Å². The summed E-state index contributed by atoms with van der Waals surface area (Å²) >= 11 is 0. The van der Waals surface area contributed by atoms with Gasteiger partial charge in [-0.15, -0.1) is 0 Å². The average Bonchev–Trinajstić information content (AvgIpc) is 3.14. The van der Waals surface area contributed by atoms with E-state index in [1.807, 2.05) is 36.4 Å². The van der Waals surface area contributed by atoms with E-state index < -0.39 is 36.7 Å². The monoisotopic (exact) mass is 435 g/mol. The second-order valence-corrected chi connectivity index (χ2v) is 7.83. The van der Waals surface area contributed by atoms with Gasteiger partial charge in [-0.25, -0.2) is 4.79 Å². The molecule has 32 heavy (non-hydrogen) atoms. The number of amides is 3. The topological polar surface area (TPSA) is 114 Å². The minimum atomic E-state index is -1.08. The van der Waals surface area contributed by atoms with Crippen LogP contribution in [0.4, 0.5) is 4.79 Å². The maximum Gasteiger partial charge on any atom is 0.325 e. The number of hydrogen-bond acceptors (Lipinski definition) is 4. The molecule has 0 aromatic heterocycles. The Morgan fingerprint density at radius 2 is 1.66 bits per heavy atom. The molecular weight excluding hydrogens is 410 g/mol. The van der Waals surface area contributed by atoms with Crippen LogP contribution in [-0.2, 0) is 9.59 Å². The molecule has 166 valence electrons. The maximum atomic E-state index is 12.4. The zero-order chi connectivity index (χ0) is 22.7. The Morgan fingerprint density at radius 1 is 1.06 bits per heavy atom. The number of aliphatic imine (C=N–C) groups is 1. The zero-order valence-electron chi connectivity index (χ0n) is 17.6. The minimum Gasteiger partial charge on any atom is -0.480 e. The van der Waals surface area contributed by atoms with Gasteiger partial charge in [0.1, 0.15) is 12.7 Å². The van der Waals surface area contributed by atoms with Gasteiger partial charge in [-0.05, 0) is 17.5 Å². The summed E-state index contributed by atoms with van der Waals surface area (Å²) in [7, 11) is 1.55. The third-order valence-electron chi connectivity index (χ3n) is 5.81. The number of nitrogens with zero attached hydrogens (tertiary/aromatic N) is 3. The van der Waals surface area contributed by atoms with Crippen LogP contribution in [0.1, 0.15) is 23.5 Å². The third-order valence-corrected chi connectivity index (χ3v) is 5.81. The molecule has 2 saturated heterocycles. The molecule has 2 aliphatic rings. The Bertz CT molecular complexity index is 988. The highest BCUT2D eigenvalue weighted by Gasteiger charge is 2.50. The molecule has 0 radical (unpaired) electrons. The third kappa shape index (κ3) is 4.27. The fourth-order valence-corrected chi connectivity index (χ4v) is 4.24. The Morgan fingerprint density at radius 3 is 2.22 bits per heavy atom. The number of carboxylic acids is 1. The molecule has 2 fully saturated rings. The van der Waals surface area contributed by atoms with Crippen LogP contribution in [0.3, 0.4) is 0 Å². The van der Waals surface area contributed by atoms with E-state index in [2.05, 4.69) is 39.9 Å². The van der Waals surface area contributed by atoms with E-state index in [4.69, 9.17) is 0 Å². The summed E-state index contributed by atoms with van der Waals surface area (Å²) < 4.78 is 0. The molecule has 2 atom stereocenters. The average molecular weight is 435 g/mol. The van der Waals surface area contributed by atoms with Gasteiger partial charge in [0.05, 0.1) is 0 Å².